The molecule has 5 atom stereocenters. The van der Waals surface area contributed by atoms with E-state index in [4.69, 9.17) is 13.7 Å². The predicted molar refractivity (Wildman–Crippen MR) is 78.0 cm³/mol. The van der Waals surface area contributed by atoms with E-state index < -0.39 is 47.4 Å². The molecule has 1 heterocycles. The van der Waals surface area contributed by atoms with Gasteiger partial charge in [-0.2, -0.15) is 8.42 Å². The first kappa shape index (κ1) is 18.3. The maximum Gasteiger partial charge on any atom is 0.297 e. The van der Waals surface area contributed by atoms with Crippen LogP contribution < -0.4 is 0 Å². The summed E-state index contributed by atoms with van der Waals surface area (Å²) in [7, 11) is -2.78. The van der Waals surface area contributed by atoms with E-state index in [9.17, 15) is 23.7 Å². The minimum atomic E-state index is -4.03. The highest BCUT2D eigenvalue weighted by Crippen LogP contribution is 2.23. The number of aliphatic hydroxyl groups excluding tert-OH is 3. The van der Waals surface area contributed by atoms with Gasteiger partial charge in [-0.05, 0) is 19.1 Å². The summed E-state index contributed by atoms with van der Waals surface area (Å²) in [6.07, 6.45) is -6.85. The Balaban J connectivity index is 2.05. The van der Waals surface area contributed by atoms with Gasteiger partial charge in [-0.1, -0.05) is 17.7 Å². The summed E-state index contributed by atoms with van der Waals surface area (Å²) in [5.41, 5.74) is 0.898. The third-order valence-electron chi connectivity index (χ3n) is 3.60. The Hall–Kier alpha value is -1.07. The number of benzene rings is 1. The molecule has 23 heavy (non-hydrogen) atoms. The number of aliphatic hydroxyl groups is 3. The maximum absolute atomic E-state index is 12.1. The zero-order valence-corrected chi connectivity index (χ0v) is 13.5. The van der Waals surface area contributed by atoms with Gasteiger partial charge >= 0.3 is 0 Å². The molecule has 2 rings (SSSR count). The highest BCUT2D eigenvalue weighted by atomic mass is 32.2. The van der Waals surface area contributed by atoms with Crippen LogP contribution in [0.3, 0.4) is 0 Å². The summed E-state index contributed by atoms with van der Waals surface area (Å²) in [5, 5.41) is 29.2. The molecule has 1 aromatic carbocycles. The predicted octanol–water partition coefficient (Wildman–Crippen LogP) is -0.846. The third kappa shape index (κ3) is 4.07. The van der Waals surface area contributed by atoms with Gasteiger partial charge in [0.15, 0.2) is 6.29 Å². The van der Waals surface area contributed by atoms with Crippen molar-refractivity contribution in [2.75, 3.05) is 13.7 Å². The molecule has 0 saturated carbocycles. The third-order valence-corrected chi connectivity index (χ3v) is 4.89. The number of hydrogen-bond donors (Lipinski definition) is 3. The number of methoxy groups -OCH3 is 1. The second-order valence-corrected chi connectivity index (χ2v) is 6.92. The minimum Gasteiger partial charge on any atom is -0.387 e. The lowest BCUT2D eigenvalue weighted by Crippen LogP contribution is -2.59. The van der Waals surface area contributed by atoms with Crippen LogP contribution in [0.25, 0.3) is 0 Å². The molecule has 130 valence electrons. The van der Waals surface area contributed by atoms with Gasteiger partial charge in [-0.3, -0.25) is 4.18 Å². The standard InChI is InChI=1S/C14H20O8S/c1-8-3-5-9(6-4-8)23(18,19)21-7-10-11(15)12(16)13(17)14(20-2)22-10/h3-6,10-17H,7H2,1-2H3/t10-,11-,12+,13-,14+/m0/s1. The van der Waals surface area contributed by atoms with Gasteiger partial charge in [0, 0.05) is 7.11 Å². The Bertz CT molecular complexity index is 612. The van der Waals surface area contributed by atoms with Crippen molar-refractivity contribution in [3.8, 4) is 0 Å². The van der Waals surface area contributed by atoms with Crippen LogP contribution in [0.4, 0.5) is 0 Å². The number of rotatable bonds is 5. The second-order valence-electron chi connectivity index (χ2n) is 5.30. The molecule has 9 heteroatoms. The minimum absolute atomic E-state index is 0.0303. The molecule has 0 spiro atoms. The first-order valence-electron chi connectivity index (χ1n) is 6.95. The summed E-state index contributed by atoms with van der Waals surface area (Å²) < 4.78 is 39.1. The van der Waals surface area contributed by atoms with E-state index in [1.54, 1.807) is 12.1 Å². The van der Waals surface area contributed by atoms with E-state index in [1.165, 1.54) is 19.2 Å². The smallest absolute Gasteiger partial charge is 0.297 e. The maximum atomic E-state index is 12.1. The van der Waals surface area contributed by atoms with Crippen molar-refractivity contribution in [3.63, 3.8) is 0 Å². The van der Waals surface area contributed by atoms with Crippen molar-refractivity contribution in [1.29, 1.82) is 0 Å². The van der Waals surface area contributed by atoms with Crippen LogP contribution in [-0.2, 0) is 23.8 Å². The first-order valence-corrected chi connectivity index (χ1v) is 8.35. The molecule has 0 amide bonds. The van der Waals surface area contributed by atoms with E-state index >= 15 is 0 Å². The lowest BCUT2D eigenvalue weighted by molar-refractivity contribution is -0.293. The quantitative estimate of drug-likeness (QED) is 0.589. The van der Waals surface area contributed by atoms with Gasteiger partial charge in [-0.15, -0.1) is 0 Å². The summed E-state index contributed by atoms with van der Waals surface area (Å²) in [6.45, 7) is 1.29. The Labute approximate surface area is 134 Å². The number of aryl methyl sites for hydroxylation is 1. The van der Waals surface area contributed by atoms with Gasteiger partial charge in [0.25, 0.3) is 10.1 Å². The van der Waals surface area contributed by atoms with Crippen LogP contribution in [0.1, 0.15) is 5.56 Å². The van der Waals surface area contributed by atoms with Crippen LogP contribution >= 0.6 is 0 Å². The molecule has 0 bridgehead atoms. The number of ether oxygens (including phenoxy) is 2. The van der Waals surface area contributed by atoms with Crippen molar-refractivity contribution >= 4 is 10.1 Å². The fraction of sp³-hybridized carbons (Fsp3) is 0.571. The molecule has 1 fully saturated rings. The highest BCUT2D eigenvalue weighted by molar-refractivity contribution is 7.86. The molecule has 0 aliphatic carbocycles. The lowest BCUT2D eigenvalue weighted by atomic mass is 9.99. The SMILES string of the molecule is CO[C@@H]1O[C@@H](COS(=O)(=O)c2ccc(C)cc2)[C@H](O)[C@@H](O)[C@@H]1O. The molecule has 1 saturated heterocycles. The second kappa shape index (κ2) is 7.22. The first-order chi connectivity index (χ1) is 10.8. The Morgan fingerprint density at radius 3 is 2.26 bits per heavy atom. The summed E-state index contributed by atoms with van der Waals surface area (Å²) in [6, 6.07) is 6.06. The van der Waals surface area contributed by atoms with E-state index in [1.807, 2.05) is 6.92 Å². The van der Waals surface area contributed by atoms with Crippen molar-refractivity contribution in [2.24, 2.45) is 0 Å². The van der Waals surface area contributed by atoms with Gasteiger partial charge in [-0.25, -0.2) is 0 Å². The molecular weight excluding hydrogens is 328 g/mol. The molecule has 0 unspecified atom stereocenters. The highest BCUT2D eigenvalue weighted by Gasteiger charge is 2.44. The zero-order chi connectivity index (χ0) is 17.2. The van der Waals surface area contributed by atoms with Crippen LogP contribution in [0, 0.1) is 6.92 Å². The van der Waals surface area contributed by atoms with Gasteiger partial charge in [0.05, 0.1) is 11.5 Å². The van der Waals surface area contributed by atoms with Crippen LogP contribution in [-0.4, -0.2) is 68.2 Å². The average Bonchev–Trinajstić information content (AvgIpc) is 2.52. The van der Waals surface area contributed by atoms with Gasteiger partial charge in [0.2, 0.25) is 0 Å². The molecular formula is C14H20O8S. The fourth-order valence-electron chi connectivity index (χ4n) is 2.18. The van der Waals surface area contributed by atoms with Crippen molar-refractivity contribution in [3.05, 3.63) is 29.8 Å². The average molecular weight is 348 g/mol. The van der Waals surface area contributed by atoms with E-state index in [0.717, 1.165) is 5.56 Å². The molecule has 0 aromatic heterocycles. The van der Waals surface area contributed by atoms with Crippen LogP contribution in [0.2, 0.25) is 0 Å². The van der Waals surface area contributed by atoms with E-state index in [2.05, 4.69) is 0 Å². The molecule has 8 nitrogen and oxygen atoms in total. The summed E-state index contributed by atoms with van der Waals surface area (Å²) in [4.78, 5) is -0.0303. The summed E-state index contributed by atoms with van der Waals surface area (Å²) in [5.74, 6) is 0. The normalized spacial score (nSPS) is 32.0. The lowest BCUT2D eigenvalue weighted by Gasteiger charge is -2.39. The zero-order valence-electron chi connectivity index (χ0n) is 12.7. The molecule has 0 radical (unpaired) electrons. The monoisotopic (exact) mass is 348 g/mol. The van der Waals surface area contributed by atoms with Crippen molar-refractivity contribution in [2.45, 2.75) is 42.5 Å². The van der Waals surface area contributed by atoms with Crippen molar-refractivity contribution in [1.82, 2.24) is 0 Å². The Morgan fingerprint density at radius 1 is 1.09 bits per heavy atom. The molecule has 1 aromatic rings. The molecule has 1 aliphatic rings. The van der Waals surface area contributed by atoms with E-state index in [-0.39, 0.29) is 4.90 Å². The topological polar surface area (TPSA) is 123 Å². The molecule has 1 aliphatic heterocycles. The molecule has 3 N–H and O–H groups in total. The van der Waals surface area contributed by atoms with Gasteiger partial charge < -0.3 is 24.8 Å². The van der Waals surface area contributed by atoms with Crippen molar-refractivity contribution < 1.29 is 37.4 Å². The largest absolute Gasteiger partial charge is 0.387 e. The fourth-order valence-corrected chi connectivity index (χ4v) is 3.10. The summed E-state index contributed by atoms with van der Waals surface area (Å²) >= 11 is 0. The van der Waals surface area contributed by atoms with Gasteiger partial charge in [0.1, 0.15) is 24.4 Å². The Kier molecular flexibility index (Phi) is 5.74. The Morgan fingerprint density at radius 2 is 1.70 bits per heavy atom. The van der Waals surface area contributed by atoms with Crippen LogP contribution in [0.5, 0.6) is 0 Å². The van der Waals surface area contributed by atoms with E-state index in [0.29, 0.717) is 0 Å². The van der Waals surface area contributed by atoms with Crippen LogP contribution in [0.15, 0.2) is 29.2 Å². The number of hydrogen-bond acceptors (Lipinski definition) is 8.